The second kappa shape index (κ2) is 6.42. The van der Waals surface area contributed by atoms with E-state index in [1.165, 1.54) is 12.1 Å². The van der Waals surface area contributed by atoms with Crippen molar-refractivity contribution < 1.29 is 18.0 Å². The number of benzene rings is 1. The second-order valence-electron chi connectivity index (χ2n) is 3.87. The summed E-state index contributed by atoms with van der Waals surface area (Å²) in [6, 6.07) is 3.93. The number of carbonyl (C=O) groups is 1. The summed E-state index contributed by atoms with van der Waals surface area (Å²) in [5.41, 5.74) is 5.56. The van der Waals surface area contributed by atoms with Crippen molar-refractivity contribution in [3.8, 4) is 0 Å². The lowest BCUT2D eigenvalue weighted by atomic mass is 10.0. The quantitative estimate of drug-likeness (QED) is 0.577. The van der Waals surface area contributed by atoms with Crippen LogP contribution in [0.5, 0.6) is 0 Å². The summed E-state index contributed by atoms with van der Waals surface area (Å²) < 4.78 is 36.8. The van der Waals surface area contributed by atoms with E-state index in [9.17, 15) is 18.0 Å². The lowest BCUT2D eigenvalue weighted by Gasteiger charge is -2.10. The molecule has 0 aromatic heterocycles. The van der Waals surface area contributed by atoms with Crippen LogP contribution in [0, 0.1) is 12.3 Å². The Balaban J connectivity index is 0.00000324. The predicted molar refractivity (Wildman–Crippen MR) is 67.6 cm³/mol. The van der Waals surface area contributed by atoms with Gasteiger partial charge in [0.25, 0.3) is 5.91 Å². The van der Waals surface area contributed by atoms with Crippen molar-refractivity contribution in [2.24, 2.45) is 5.73 Å². The zero-order valence-corrected chi connectivity index (χ0v) is 10.8. The van der Waals surface area contributed by atoms with Gasteiger partial charge in [-0.1, -0.05) is 11.6 Å². The van der Waals surface area contributed by atoms with Crippen LogP contribution in [0.3, 0.4) is 0 Å². The third-order valence-electron chi connectivity index (χ3n) is 2.05. The molecule has 0 heterocycles. The smallest absolute Gasteiger partial charge is 0.370 e. The number of amides is 1. The van der Waals surface area contributed by atoms with Crippen LogP contribution in [-0.4, -0.2) is 18.0 Å². The molecule has 4 nitrogen and oxygen atoms in total. The number of aryl methyl sites for hydroxylation is 1. The molecule has 0 saturated carbocycles. The van der Waals surface area contributed by atoms with Gasteiger partial charge in [-0.2, -0.15) is 13.2 Å². The Morgan fingerprint density at radius 3 is 2.42 bits per heavy atom. The molecule has 4 N–H and O–H groups in total. The number of hydrogen-bond donors (Lipinski definition) is 3. The van der Waals surface area contributed by atoms with E-state index in [0.29, 0.717) is 5.56 Å². The number of carbonyl (C=O) groups excluding carboxylic acids is 1. The van der Waals surface area contributed by atoms with Crippen molar-refractivity contribution in [1.29, 1.82) is 5.41 Å². The molecule has 0 unspecified atom stereocenters. The lowest BCUT2D eigenvalue weighted by Crippen LogP contribution is -2.35. The predicted octanol–water partition coefficient (Wildman–Crippen LogP) is 2.14. The van der Waals surface area contributed by atoms with Gasteiger partial charge in [0.15, 0.2) is 5.96 Å². The van der Waals surface area contributed by atoms with Gasteiger partial charge >= 0.3 is 6.18 Å². The average molecular weight is 296 g/mol. The molecule has 0 aliphatic carbocycles. The summed E-state index contributed by atoms with van der Waals surface area (Å²) in [4.78, 5) is 11.5. The van der Waals surface area contributed by atoms with E-state index in [1.54, 1.807) is 6.92 Å². The van der Waals surface area contributed by atoms with E-state index in [4.69, 9.17) is 11.1 Å². The molecule has 0 saturated heterocycles. The normalized spacial score (nSPS) is 10.5. The molecular formula is C11H13ClF3N3O. The van der Waals surface area contributed by atoms with Crippen molar-refractivity contribution in [2.45, 2.75) is 19.5 Å². The van der Waals surface area contributed by atoms with E-state index in [0.717, 1.165) is 6.07 Å². The van der Waals surface area contributed by atoms with Gasteiger partial charge in [0, 0.05) is 5.56 Å². The summed E-state index contributed by atoms with van der Waals surface area (Å²) in [5, 5.41) is 8.91. The molecule has 1 amide bonds. The zero-order valence-electron chi connectivity index (χ0n) is 9.97. The highest BCUT2D eigenvalue weighted by atomic mass is 35.5. The molecular weight excluding hydrogens is 283 g/mol. The van der Waals surface area contributed by atoms with E-state index in [1.807, 2.05) is 5.32 Å². The first-order valence-electron chi connectivity index (χ1n) is 5.00. The standard InChI is InChI=1S/C11H12F3N3O.ClH/c1-6-2-7(5-11(12,13)14)4-8(3-6)9(18)17-10(15)16;/h2-4H,5H2,1H3,(H4,15,16,17,18);1H. The van der Waals surface area contributed by atoms with Crippen LogP contribution in [-0.2, 0) is 6.42 Å². The number of nitrogens with one attached hydrogen (secondary N) is 2. The van der Waals surface area contributed by atoms with Crippen LogP contribution < -0.4 is 11.1 Å². The fourth-order valence-electron chi connectivity index (χ4n) is 1.52. The highest BCUT2D eigenvalue weighted by Crippen LogP contribution is 2.22. The van der Waals surface area contributed by atoms with Gasteiger partial charge in [-0.3, -0.25) is 15.5 Å². The van der Waals surface area contributed by atoms with Crippen LogP contribution in [0.25, 0.3) is 0 Å². The van der Waals surface area contributed by atoms with Gasteiger partial charge in [0.1, 0.15) is 0 Å². The summed E-state index contributed by atoms with van der Waals surface area (Å²) in [7, 11) is 0. The SMILES string of the molecule is Cc1cc(CC(F)(F)F)cc(C(=O)NC(=N)N)c1.Cl. The first-order chi connectivity index (χ1) is 8.17. The zero-order chi connectivity index (χ0) is 13.9. The lowest BCUT2D eigenvalue weighted by molar-refractivity contribution is -0.127. The molecule has 1 aromatic rings. The molecule has 0 atom stereocenters. The topological polar surface area (TPSA) is 79.0 Å². The monoisotopic (exact) mass is 295 g/mol. The Bertz CT molecular complexity index is 489. The molecule has 19 heavy (non-hydrogen) atoms. The molecule has 106 valence electrons. The summed E-state index contributed by atoms with van der Waals surface area (Å²) in [6.45, 7) is 1.59. The molecule has 0 spiro atoms. The Hall–Kier alpha value is -1.76. The highest BCUT2D eigenvalue weighted by Gasteiger charge is 2.28. The maximum absolute atomic E-state index is 12.3. The minimum Gasteiger partial charge on any atom is -0.370 e. The second-order valence-corrected chi connectivity index (χ2v) is 3.87. The molecule has 1 rings (SSSR count). The third kappa shape index (κ3) is 6.10. The van der Waals surface area contributed by atoms with E-state index < -0.39 is 24.5 Å². The van der Waals surface area contributed by atoms with Gasteiger partial charge in [0.05, 0.1) is 6.42 Å². The van der Waals surface area contributed by atoms with Crippen molar-refractivity contribution in [3.63, 3.8) is 0 Å². The number of hydrogen-bond acceptors (Lipinski definition) is 2. The van der Waals surface area contributed by atoms with Gasteiger partial charge in [-0.25, -0.2) is 0 Å². The van der Waals surface area contributed by atoms with Crippen molar-refractivity contribution in [2.75, 3.05) is 0 Å². The molecule has 0 fully saturated rings. The first kappa shape index (κ1) is 17.2. The summed E-state index contributed by atoms with van der Waals surface area (Å²) in [6.07, 6.45) is -5.43. The van der Waals surface area contributed by atoms with E-state index >= 15 is 0 Å². The van der Waals surface area contributed by atoms with Crippen LogP contribution in [0.1, 0.15) is 21.5 Å². The number of guanidine groups is 1. The fraction of sp³-hybridized carbons (Fsp3) is 0.273. The van der Waals surface area contributed by atoms with Gasteiger partial charge in [-0.15, -0.1) is 12.4 Å². The summed E-state index contributed by atoms with van der Waals surface area (Å²) >= 11 is 0. The largest absolute Gasteiger partial charge is 0.393 e. The van der Waals surface area contributed by atoms with E-state index in [-0.39, 0.29) is 23.5 Å². The van der Waals surface area contributed by atoms with Crippen molar-refractivity contribution >= 4 is 24.3 Å². The van der Waals surface area contributed by atoms with E-state index in [2.05, 4.69) is 0 Å². The maximum Gasteiger partial charge on any atom is 0.393 e. The van der Waals surface area contributed by atoms with Gasteiger partial charge < -0.3 is 5.73 Å². The fourth-order valence-corrected chi connectivity index (χ4v) is 1.52. The molecule has 8 heteroatoms. The van der Waals surface area contributed by atoms with Gasteiger partial charge in [-0.05, 0) is 24.6 Å². The minimum absolute atomic E-state index is 0. The minimum atomic E-state index is -4.33. The van der Waals surface area contributed by atoms with Crippen LogP contribution >= 0.6 is 12.4 Å². The highest BCUT2D eigenvalue weighted by molar-refractivity contribution is 6.04. The number of halogens is 4. The number of alkyl halides is 3. The summed E-state index contributed by atoms with van der Waals surface area (Å²) in [5.74, 6) is -1.26. The van der Waals surface area contributed by atoms with Crippen molar-refractivity contribution in [1.82, 2.24) is 5.32 Å². The molecule has 0 bridgehead atoms. The van der Waals surface area contributed by atoms with Gasteiger partial charge in [0.2, 0.25) is 0 Å². The Morgan fingerprint density at radius 2 is 1.95 bits per heavy atom. The maximum atomic E-state index is 12.3. The molecule has 0 aliphatic heterocycles. The Morgan fingerprint density at radius 1 is 1.37 bits per heavy atom. The first-order valence-corrected chi connectivity index (χ1v) is 5.00. The van der Waals surface area contributed by atoms with Crippen LogP contribution in [0.2, 0.25) is 0 Å². The molecule has 1 aromatic carbocycles. The van der Waals surface area contributed by atoms with Crippen LogP contribution in [0.4, 0.5) is 13.2 Å². The Kier molecular flexibility index (Phi) is 5.82. The average Bonchev–Trinajstić information content (AvgIpc) is 2.12. The number of rotatable bonds is 2. The Labute approximate surface area is 114 Å². The third-order valence-corrected chi connectivity index (χ3v) is 2.05. The van der Waals surface area contributed by atoms with Crippen LogP contribution in [0.15, 0.2) is 18.2 Å². The molecule has 0 aliphatic rings. The molecule has 0 radical (unpaired) electrons. The van der Waals surface area contributed by atoms with Crippen molar-refractivity contribution in [3.05, 3.63) is 34.9 Å². The number of nitrogens with two attached hydrogens (primary N) is 1.